The fourth-order valence-electron chi connectivity index (χ4n) is 1.40. The Morgan fingerprint density at radius 2 is 1.88 bits per heavy atom. The maximum atomic E-state index is 9.84. The Bertz CT molecular complexity index is 593. The third-order valence-corrected chi connectivity index (χ3v) is 2.94. The summed E-state index contributed by atoms with van der Waals surface area (Å²) in [7, 11) is 0. The van der Waals surface area contributed by atoms with Crippen molar-refractivity contribution in [2.24, 2.45) is 5.73 Å². The van der Waals surface area contributed by atoms with Crippen LogP contribution in [0, 0.1) is 0 Å². The standard InChI is InChI=1S/C11H11Cl2N3O/c1-11(2,14)7-4-15-8-5(12)3-6(13)10(17)9(8)16-7/h3-4,17H,14H2,1-2H3. The highest BCUT2D eigenvalue weighted by atomic mass is 35.5. The number of benzene rings is 1. The summed E-state index contributed by atoms with van der Waals surface area (Å²) in [6.45, 7) is 3.60. The Balaban J connectivity index is 2.81. The van der Waals surface area contributed by atoms with E-state index in [0.29, 0.717) is 16.2 Å². The van der Waals surface area contributed by atoms with Crippen molar-refractivity contribution in [1.82, 2.24) is 9.97 Å². The molecular weight excluding hydrogens is 261 g/mol. The predicted molar refractivity (Wildman–Crippen MR) is 68.4 cm³/mol. The Labute approximate surface area is 108 Å². The SMILES string of the molecule is CC(C)(N)c1cnc2c(Cl)cc(Cl)c(O)c2n1. The predicted octanol–water partition coefficient (Wildman–Crippen LogP) is 2.84. The molecule has 0 aliphatic heterocycles. The van der Waals surface area contributed by atoms with Gasteiger partial charge in [-0.2, -0.15) is 0 Å². The van der Waals surface area contributed by atoms with Crippen LogP contribution in [0.2, 0.25) is 10.0 Å². The minimum absolute atomic E-state index is 0.135. The van der Waals surface area contributed by atoms with E-state index >= 15 is 0 Å². The van der Waals surface area contributed by atoms with Gasteiger partial charge in [0.15, 0.2) is 5.75 Å². The van der Waals surface area contributed by atoms with Gasteiger partial charge in [0, 0.05) is 0 Å². The molecule has 3 N–H and O–H groups in total. The average Bonchev–Trinajstić information content (AvgIpc) is 2.24. The second-order valence-electron chi connectivity index (χ2n) is 4.36. The molecule has 17 heavy (non-hydrogen) atoms. The molecule has 0 aliphatic carbocycles. The lowest BCUT2D eigenvalue weighted by molar-refractivity contribution is 0.479. The monoisotopic (exact) mass is 271 g/mol. The molecule has 0 spiro atoms. The van der Waals surface area contributed by atoms with Gasteiger partial charge in [-0.15, -0.1) is 0 Å². The van der Waals surface area contributed by atoms with E-state index in [1.54, 1.807) is 20.0 Å². The first kappa shape index (κ1) is 12.4. The van der Waals surface area contributed by atoms with Crippen LogP contribution in [-0.4, -0.2) is 15.1 Å². The Kier molecular flexibility index (Phi) is 2.89. The summed E-state index contributed by atoms with van der Waals surface area (Å²) in [5.74, 6) is -0.135. The summed E-state index contributed by atoms with van der Waals surface area (Å²) in [6.07, 6.45) is 1.54. The summed E-state index contributed by atoms with van der Waals surface area (Å²) in [6, 6.07) is 1.43. The van der Waals surface area contributed by atoms with Gasteiger partial charge in [-0.25, -0.2) is 4.98 Å². The van der Waals surface area contributed by atoms with E-state index in [2.05, 4.69) is 9.97 Å². The normalized spacial score (nSPS) is 12.1. The molecule has 1 heterocycles. The molecule has 1 aromatic heterocycles. The highest BCUT2D eigenvalue weighted by molar-refractivity contribution is 6.39. The van der Waals surface area contributed by atoms with E-state index in [0.717, 1.165) is 0 Å². The maximum absolute atomic E-state index is 9.84. The number of phenols is 1. The highest BCUT2D eigenvalue weighted by Crippen LogP contribution is 2.35. The molecule has 1 aromatic carbocycles. The molecule has 0 radical (unpaired) electrons. The number of fused-ring (bicyclic) bond motifs is 1. The molecule has 0 saturated carbocycles. The van der Waals surface area contributed by atoms with Gasteiger partial charge >= 0.3 is 0 Å². The zero-order chi connectivity index (χ0) is 12.8. The number of nitrogens with zero attached hydrogens (tertiary/aromatic N) is 2. The smallest absolute Gasteiger partial charge is 0.162 e. The second kappa shape index (κ2) is 3.98. The fraction of sp³-hybridized carbons (Fsp3) is 0.273. The number of hydrogen-bond acceptors (Lipinski definition) is 4. The van der Waals surface area contributed by atoms with Gasteiger partial charge in [-0.05, 0) is 19.9 Å². The van der Waals surface area contributed by atoms with Crippen LogP contribution in [0.1, 0.15) is 19.5 Å². The number of hydrogen-bond donors (Lipinski definition) is 2. The van der Waals surface area contributed by atoms with E-state index in [1.807, 2.05) is 0 Å². The van der Waals surface area contributed by atoms with Gasteiger partial charge in [0.2, 0.25) is 0 Å². The minimum Gasteiger partial charge on any atom is -0.504 e. The first-order valence-corrected chi connectivity index (χ1v) is 5.69. The first-order valence-electron chi connectivity index (χ1n) is 4.94. The molecule has 0 fully saturated rings. The number of phenolic OH excluding ortho intramolecular Hbond substituents is 1. The molecule has 0 aliphatic rings. The first-order chi connectivity index (χ1) is 7.80. The van der Waals surface area contributed by atoms with Crippen molar-refractivity contribution < 1.29 is 5.11 Å². The number of nitrogens with two attached hydrogens (primary N) is 1. The Morgan fingerprint density at radius 1 is 1.24 bits per heavy atom. The van der Waals surface area contributed by atoms with Crippen LogP contribution < -0.4 is 5.73 Å². The summed E-state index contributed by atoms with van der Waals surface area (Å²) in [5.41, 5.74) is 6.49. The number of rotatable bonds is 1. The van der Waals surface area contributed by atoms with Crippen LogP contribution in [0.3, 0.4) is 0 Å². The van der Waals surface area contributed by atoms with Gasteiger partial charge < -0.3 is 10.8 Å². The van der Waals surface area contributed by atoms with Crippen molar-refractivity contribution in [2.45, 2.75) is 19.4 Å². The van der Waals surface area contributed by atoms with Crippen molar-refractivity contribution in [1.29, 1.82) is 0 Å². The zero-order valence-corrected chi connectivity index (χ0v) is 10.8. The van der Waals surface area contributed by atoms with Gasteiger partial charge in [0.25, 0.3) is 0 Å². The van der Waals surface area contributed by atoms with Crippen molar-refractivity contribution in [2.75, 3.05) is 0 Å². The molecule has 0 bridgehead atoms. The highest BCUT2D eigenvalue weighted by Gasteiger charge is 2.19. The lowest BCUT2D eigenvalue weighted by atomic mass is 10.0. The zero-order valence-electron chi connectivity index (χ0n) is 9.33. The van der Waals surface area contributed by atoms with Crippen molar-refractivity contribution in [3.05, 3.63) is 28.0 Å². The largest absolute Gasteiger partial charge is 0.504 e. The Hall–Kier alpha value is -1.10. The van der Waals surface area contributed by atoms with Gasteiger partial charge in [-0.3, -0.25) is 4.98 Å². The minimum atomic E-state index is -0.650. The number of aromatic hydroxyl groups is 1. The molecule has 2 rings (SSSR count). The van der Waals surface area contributed by atoms with E-state index < -0.39 is 5.54 Å². The van der Waals surface area contributed by atoms with Crippen molar-refractivity contribution >= 4 is 34.2 Å². The summed E-state index contributed by atoms with van der Waals surface area (Å²) in [5, 5.41) is 10.3. The molecule has 0 unspecified atom stereocenters. The number of aromatic nitrogens is 2. The Morgan fingerprint density at radius 3 is 2.47 bits per heavy atom. The quantitative estimate of drug-likeness (QED) is 0.837. The van der Waals surface area contributed by atoms with E-state index in [9.17, 15) is 5.11 Å². The van der Waals surface area contributed by atoms with Crippen molar-refractivity contribution in [3.63, 3.8) is 0 Å². The van der Waals surface area contributed by atoms with Crippen LogP contribution in [0.25, 0.3) is 11.0 Å². The molecule has 6 heteroatoms. The third kappa shape index (κ3) is 2.16. The molecule has 2 aromatic rings. The van der Waals surface area contributed by atoms with E-state index in [-0.39, 0.29) is 16.3 Å². The molecule has 0 saturated heterocycles. The van der Waals surface area contributed by atoms with Gasteiger partial charge in [0.1, 0.15) is 11.0 Å². The maximum Gasteiger partial charge on any atom is 0.162 e. The van der Waals surface area contributed by atoms with E-state index in [1.165, 1.54) is 6.07 Å². The topological polar surface area (TPSA) is 72.0 Å². The average molecular weight is 272 g/mol. The van der Waals surface area contributed by atoms with Crippen LogP contribution in [-0.2, 0) is 5.54 Å². The van der Waals surface area contributed by atoms with Crippen LogP contribution >= 0.6 is 23.2 Å². The number of halogens is 2. The lowest BCUT2D eigenvalue weighted by Crippen LogP contribution is -2.30. The summed E-state index contributed by atoms with van der Waals surface area (Å²) in [4.78, 5) is 8.42. The van der Waals surface area contributed by atoms with Crippen LogP contribution in [0.4, 0.5) is 0 Å². The summed E-state index contributed by atoms with van der Waals surface area (Å²) >= 11 is 11.8. The lowest BCUT2D eigenvalue weighted by Gasteiger charge is -2.18. The molecular formula is C11H11Cl2N3O. The molecule has 0 atom stereocenters. The fourth-order valence-corrected chi connectivity index (χ4v) is 1.90. The van der Waals surface area contributed by atoms with Gasteiger partial charge in [0.05, 0.1) is 27.5 Å². The second-order valence-corrected chi connectivity index (χ2v) is 5.18. The summed E-state index contributed by atoms with van der Waals surface area (Å²) < 4.78 is 0. The van der Waals surface area contributed by atoms with Gasteiger partial charge in [-0.1, -0.05) is 23.2 Å². The third-order valence-electron chi connectivity index (χ3n) is 2.36. The molecule has 4 nitrogen and oxygen atoms in total. The molecule has 0 amide bonds. The van der Waals surface area contributed by atoms with Crippen LogP contribution in [0.5, 0.6) is 5.75 Å². The van der Waals surface area contributed by atoms with E-state index in [4.69, 9.17) is 28.9 Å². The molecule has 90 valence electrons. The van der Waals surface area contributed by atoms with Crippen molar-refractivity contribution in [3.8, 4) is 5.75 Å². The van der Waals surface area contributed by atoms with Crippen LogP contribution in [0.15, 0.2) is 12.3 Å².